The number of hydrazone groups is 1. The van der Waals surface area contributed by atoms with Crippen molar-refractivity contribution in [1.29, 1.82) is 0 Å². The molecule has 1 saturated carbocycles. The molecule has 1 aliphatic carbocycles. The van der Waals surface area contributed by atoms with Gasteiger partial charge in [0.1, 0.15) is 0 Å². The molecular formula is C14H13N3OS. The highest BCUT2D eigenvalue weighted by molar-refractivity contribution is 7.22. The van der Waals surface area contributed by atoms with E-state index in [2.05, 4.69) is 10.1 Å². The maximum absolute atomic E-state index is 12.4. The third-order valence-corrected chi connectivity index (χ3v) is 4.79. The highest BCUT2D eigenvalue weighted by Crippen LogP contribution is 2.35. The van der Waals surface area contributed by atoms with E-state index < -0.39 is 0 Å². The summed E-state index contributed by atoms with van der Waals surface area (Å²) in [6.07, 6.45) is 4.18. The van der Waals surface area contributed by atoms with E-state index in [4.69, 9.17) is 0 Å². The van der Waals surface area contributed by atoms with Crippen LogP contribution in [0.2, 0.25) is 0 Å². The van der Waals surface area contributed by atoms with Gasteiger partial charge in [-0.25, -0.2) is 4.98 Å². The molecule has 1 unspecified atom stereocenters. The molecule has 5 heteroatoms. The summed E-state index contributed by atoms with van der Waals surface area (Å²) < 4.78 is 1.10. The number of carbonyl (C=O) groups is 1. The van der Waals surface area contributed by atoms with Crippen LogP contribution in [0.1, 0.15) is 25.7 Å². The topological polar surface area (TPSA) is 45.6 Å². The van der Waals surface area contributed by atoms with E-state index in [0.717, 1.165) is 41.6 Å². The molecule has 2 aromatic rings. The Morgan fingerprint density at radius 3 is 3.00 bits per heavy atom. The Kier molecular flexibility index (Phi) is 2.41. The van der Waals surface area contributed by atoms with Crippen molar-refractivity contribution in [2.45, 2.75) is 25.7 Å². The monoisotopic (exact) mass is 271 g/mol. The number of anilines is 1. The molecule has 19 heavy (non-hydrogen) atoms. The lowest BCUT2D eigenvalue weighted by Gasteiger charge is -2.15. The van der Waals surface area contributed by atoms with Gasteiger partial charge < -0.3 is 0 Å². The summed E-state index contributed by atoms with van der Waals surface area (Å²) in [6.45, 7) is 0. The number of carbonyl (C=O) groups excluding carboxylic acids is 1. The predicted molar refractivity (Wildman–Crippen MR) is 76.5 cm³/mol. The van der Waals surface area contributed by atoms with Crippen molar-refractivity contribution in [3.63, 3.8) is 0 Å². The van der Waals surface area contributed by atoms with E-state index in [0.29, 0.717) is 5.13 Å². The Bertz CT molecular complexity index is 658. The molecule has 0 saturated heterocycles. The van der Waals surface area contributed by atoms with Crippen molar-refractivity contribution in [3.8, 4) is 0 Å². The molecule has 1 amide bonds. The number of hydrogen-bond acceptors (Lipinski definition) is 4. The molecule has 2 heterocycles. The second-order valence-electron chi connectivity index (χ2n) is 5.00. The first-order chi connectivity index (χ1) is 9.33. The third-order valence-electron chi connectivity index (χ3n) is 3.78. The van der Waals surface area contributed by atoms with Gasteiger partial charge in [-0.15, -0.1) is 0 Å². The molecule has 0 spiro atoms. The Morgan fingerprint density at radius 2 is 2.16 bits per heavy atom. The van der Waals surface area contributed by atoms with E-state index in [-0.39, 0.29) is 11.8 Å². The fourth-order valence-corrected chi connectivity index (χ4v) is 3.72. The minimum atomic E-state index is 0.0146. The first-order valence-electron chi connectivity index (χ1n) is 6.60. The number of hydrogen-bond donors (Lipinski definition) is 0. The molecule has 0 radical (unpaired) electrons. The van der Waals surface area contributed by atoms with E-state index in [1.165, 1.54) is 16.3 Å². The van der Waals surface area contributed by atoms with Gasteiger partial charge in [0, 0.05) is 0 Å². The van der Waals surface area contributed by atoms with Crippen LogP contribution in [0.25, 0.3) is 10.2 Å². The molecule has 2 aliphatic rings. The van der Waals surface area contributed by atoms with Crippen LogP contribution in [0.5, 0.6) is 0 Å². The number of fused-ring (bicyclic) bond motifs is 2. The average Bonchev–Trinajstić information content (AvgIpc) is 3.00. The number of thiazole rings is 1. The Hall–Kier alpha value is -1.75. The van der Waals surface area contributed by atoms with E-state index in [9.17, 15) is 4.79 Å². The van der Waals surface area contributed by atoms with Crippen LogP contribution in [0.15, 0.2) is 29.4 Å². The van der Waals surface area contributed by atoms with Crippen molar-refractivity contribution in [3.05, 3.63) is 24.3 Å². The zero-order valence-corrected chi connectivity index (χ0v) is 11.2. The van der Waals surface area contributed by atoms with E-state index >= 15 is 0 Å². The summed E-state index contributed by atoms with van der Waals surface area (Å²) >= 11 is 1.53. The second kappa shape index (κ2) is 4.13. The quantitative estimate of drug-likeness (QED) is 0.799. The number of rotatable bonds is 1. The summed E-state index contributed by atoms with van der Waals surface area (Å²) in [6, 6.07) is 7.94. The van der Waals surface area contributed by atoms with Crippen LogP contribution in [0.4, 0.5) is 5.13 Å². The molecule has 4 nitrogen and oxygen atoms in total. The van der Waals surface area contributed by atoms with E-state index in [1.807, 2.05) is 24.3 Å². The van der Waals surface area contributed by atoms with Gasteiger partial charge in [-0.1, -0.05) is 29.9 Å². The van der Waals surface area contributed by atoms with Crippen LogP contribution in [0.3, 0.4) is 0 Å². The number of benzene rings is 1. The molecule has 1 fully saturated rings. The van der Waals surface area contributed by atoms with Gasteiger partial charge in [0.2, 0.25) is 5.13 Å². The van der Waals surface area contributed by atoms with Crippen molar-refractivity contribution in [1.82, 2.24) is 4.98 Å². The molecule has 96 valence electrons. The fraction of sp³-hybridized carbons (Fsp3) is 0.357. The molecule has 1 atom stereocenters. The van der Waals surface area contributed by atoms with Crippen LogP contribution < -0.4 is 5.01 Å². The molecule has 1 aromatic carbocycles. The van der Waals surface area contributed by atoms with Gasteiger partial charge in [-0.05, 0) is 31.4 Å². The number of nitrogens with zero attached hydrogens (tertiary/aromatic N) is 3. The van der Waals surface area contributed by atoms with E-state index in [1.54, 1.807) is 0 Å². The summed E-state index contributed by atoms with van der Waals surface area (Å²) in [7, 11) is 0. The van der Waals surface area contributed by atoms with Gasteiger partial charge in [-0.3, -0.25) is 4.79 Å². The molecule has 1 aromatic heterocycles. The summed E-state index contributed by atoms with van der Waals surface area (Å²) in [5, 5.41) is 6.73. The minimum Gasteiger partial charge on any atom is -0.272 e. The van der Waals surface area contributed by atoms with Crippen LogP contribution >= 0.6 is 11.3 Å². The van der Waals surface area contributed by atoms with Crippen molar-refractivity contribution in [2.75, 3.05) is 5.01 Å². The predicted octanol–water partition coefficient (Wildman–Crippen LogP) is 3.19. The molecule has 0 N–H and O–H groups in total. The molecule has 1 aliphatic heterocycles. The Balaban J connectivity index is 1.76. The van der Waals surface area contributed by atoms with Crippen molar-refractivity contribution >= 4 is 38.3 Å². The van der Waals surface area contributed by atoms with Gasteiger partial charge in [0.25, 0.3) is 5.91 Å². The lowest BCUT2D eigenvalue weighted by atomic mass is 9.87. The Morgan fingerprint density at radius 1 is 1.26 bits per heavy atom. The summed E-state index contributed by atoms with van der Waals surface area (Å²) in [4.78, 5) is 16.9. The zero-order valence-electron chi connectivity index (χ0n) is 10.4. The molecule has 4 rings (SSSR count). The maximum Gasteiger partial charge on any atom is 0.258 e. The Labute approximate surface area is 114 Å². The first kappa shape index (κ1) is 11.1. The minimum absolute atomic E-state index is 0.0146. The standard InChI is InChI=1S/C14H13N3OS/c18-13-9-5-1-2-6-10(9)16-17(13)14-15-11-7-3-4-8-12(11)19-14/h3-4,7-9H,1-2,5-6H2. The number of aromatic nitrogens is 1. The highest BCUT2D eigenvalue weighted by Gasteiger charge is 2.38. The maximum atomic E-state index is 12.4. The highest BCUT2D eigenvalue weighted by atomic mass is 32.1. The van der Waals surface area contributed by atoms with Gasteiger partial charge in [0.15, 0.2) is 0 Å². The van der Waals surface area contributed by atoms with Crippen LogP contribution in [-0.2, 0) is 4.79 Å². The number of amides is 1. The zero-order chi connectivity index (χ0) is 12.8. The summed E-state index contributed by atoms with van der Waals surface area (Å²) in [5.41, 5.74) is 1.99. The van der Waals surface area contributed by atoms with Crippen LogP contribution in [-0.4, -0.2) is 16.6 Å². The van der Waals surface area contributed by atoms with Crippen molar-refractivity contribution in [2.24, 2.45) is 11.0 Å². The van der Waals surface area contributed by atoms with Gasteiger partial charge in [0.05, 0.1) is 21.8 Å². The van der Waals surface area contributed by atoms with Crippen molar-refractivity contribution < 1.29 is 4.79 Å². The molecular weight excluding hydrogens is 258 g/mol. The number of para-hydroxylation sites is 1. The van der Waals surface area contributed by atoms with Gasteiger partial charge >= 0.3 is 0 Å². The second-order valence-corrected chi connectivity index (χ2v) is 6.01. The largest absolute Gasteiger partial charge is 0.272 e. The molecule has 0 bridgehead atoms. The third kappa shape index (κ3) is 1.69. The smallest absolute Gasteiger partial charge is 0.258 e. The fourth-order valence-electron chi connectivity index (χ4n) is 2.79. The SMILES string of the molecule is O=C1C2CCCCC2=NN1c1nc2ccccc2s1. The lowest BCUT2D eigenvalue weighted by molar-refractivity contribution is -0.120. The average molecular weight is 271 g/mol. The summed E-state index contributed by atoms with van der Waals surface area (Å²) in [5.74, 6) is 0.120. The lowest BCUT2D eigenvalue weighted by Crippen LogP contribution is -2.28. The van der Waals surface area contributed by atoms with Crippen LogP contribution in [0, 0.1) is 5.92 Å². The first-order valence-corrected chi connectivity index (χ1v) is 7.41. The normalized spacial score (nSPS) is 22.7. The van der Waals surface area contributed by atoms with Gasteiger partial charge in [-0.2, -0.15) is 10.1 Å².